The van der Waals surface area contributed by atoms with Gasteiger partial charge in [-0.2, -0.15) is 18.3 Å². The highest BCUT2D eigenvalue weighted by Gasteiger charge is 2.28. The molecule has 0 unspecified atom stereocenters. The Balaban J connectivity index is 2.34. The van der Waals surface area contributed by atoms with Gasteiger partial charge in [-0.3, -0.25) is 0 Å². The van der Waals surface area contributed by atoms with E-state index in [1.165, 1.54) is 0 Å². The molecule has 2 heterocycles. The third-order valence-electron chi connectivity index (χ3n) is 2.88. The average Bonchev–Trinajstić information content (AvgIpc) is 2.87. The fraction of sp³-hybridized carbons (Fsp3) is 0.636. The third kappa shape index (κ3) is 3.06. The Morgan fingerprint density at radius 2 is 2.05 bits per heavy atom. The molecule has 20 heavy (non-hydrogen) atoms. The molecule has 0 aliphatic carbocycles. The number of halogens is 4. The molecule has 9 heteroatoms. The second-order valence-electron chi connectivity index (χ2n) is 4.18. The summed E-state index contributed by atoms with van der Waals surface area (Å²) in [5.41, 5.74) is -2.01. The maximum Gasteiger partial charge on any atom is 0.441 e. The molecule has 4 nitrogen and oxygen atoms in total. The summed E-state index contributed by atoms with van der Waals surface area (Å²) in [6.45, 7) is 4.58. The van der Waals surface area contributed by atoms with Gasteiger partial charge in [-0.05, 0) is 25.6 Å². The summed E-state index contributed by atoms with van der Waals surface area (Å²) in [5, 5.41) is 4.32. The highest BCUT2D eigenvalue weighted by molar-refractivity contribution is 8.00. The van der Waals surface area contributed by atoms with E-state index in [0.717, 1.165) is 11.3 Å². The molecule has 0 amide bonds. The molecule has 0 aromatic carbocycles. The fourth-order valence-corrected chi connectivity index (χ4v) is 2.79. The molecule has 0 saturated carbocycles. The number of imidazole rings is 1. The molecular formula is C11H14ClF3N4S. The zero-order valence-corrected chi connectivity index (χ0v) is 12.6. The van der Waals surface area contributed by atoms with Gasteiger partial charge in [0.05, 0.1) is 11.6 Å². The summed E-state index contributed by atoms with van der Waals surface area (Å²) in [5.74, 6) is 0.661. The lowest BCUT2D eigenvalue weighted by atomic mass is 10.4. The van der Waals surface area contributed by atoms with Crippen LogP contribution in [-0.2, 0) is 19.0 Å². The highest BCUT2D eigenvalue weighted by atomic mass is 35.5. The lowest BCUT2D eigenvalue weighted by molar-refractivity contribution is -0.0328. The first-order valence-electron chi connectivity index (χ1n) is 6.06. The summed E-state index contributed by atoms with van der Waals surface area (Å²) in [6.07, 6.45) is 0. The molecule has 0 aliphatic rings. The number of alkyl halides is 4. The minimum absolute atomic E-state index is 0.0415. The van der Waals surface area contributed by atoms with Gasteiger partial charge >= 0.3 is 5.51 Å². The number of rotatable bonds is 5. The van der Waals surface area contributed by atoms with E-state index in [1.807, 2.05) is 13.8 Å². The number of aromatic nitrogens is 4. The van der Waals surface area contributed by atoms with Gasteiger partial charge in [0.1, 0.15) is 11.3 Å². The predicted molar refractivity (Wildman–Crippen MR) is 74.0 cm³/mol. The average molecular weight is 327 g/mol. The lowest BCUT2D eigenvalue weighted by Gasteiger charge is -2.10. The van der Waals surface area contributed by atoms with Crippen molar-refractivity contribution >= 4 is 34.5 Å². The first kappa shape index (κ1) is 15.5. The van der Waals surface area contributed by atoms with Crippen LogP contribution in [0.4, 0.5) is 13.2 Å². The molecule has 0 bridgehead atoms. The van der Waals surface area contributed by atoms with E-state index in [4.69, 9.17) is 11.6 Å². The standard InChI is InChI=1S/C11H14ClF3N4S/c1-3-19-10-9(7(2)17-19)16-8(6-12)18(10)4-5-20-11(13,14)15/h3-6H2,1-2H3. The molecule has 2 aromatic heterocycles. The second-order valence-corrected chi connectivity index (χ2v) is 5.61. The van der Waals surface area contributed by atoms with E-state index in [2.05, 4.69) is 10.1 Å². The van der Waals surface area contributed by atoms with Crippen molar-refractivity contribution in [3.8, 4) is 0 Å². The highest BCUT2D eigenvalue weighted by Crippen LogP contribution is 2.31. The molecule has 2 aromatic rings. The molecule has 0 aliphatic heterocycles. The van der Waals surface area contributed by atoms with Crippen LogP contribution in [0, 0.1) is 6.92 Å². The van der Waals surface area contributed by atoms with Crippen molar-refractivity contribution in [2.75, 3.05) is 5.75 Å². The Kier molecular flexibility index (Phi) is 4.53. The van der Waals surface area contributed by atoms with E-state index >= 15 is 0 Å². The van der Waals surface area contributed by atoms with Crippen molar-refractivity contribution in [2.24, 2.45) is 0 Å². The van der Waals surface area contributed by atoms with Crippen LogP contribution in [0.5, 0.6) is 0 Å². The first-order valence-corrected chi connectivity index (χ1v) is 7.58. The number of hydrogen-bond donors (Lipinski definition) is 0. The molecule has 0 spiro atoms. The lowest BCUT2D eigenvalue weighted by Crippen LogP contribution is -2.11. The second kappa shape index (κ2) is 5.85. The SMILES string of the molecule is CCn1nc(C)c2nc(CCl)n(CCSC(F)(F)F)c21. The largest absolute Gasteiger partial charge is 0.441 e. The quantitative estimate of drug-likeness (QED) is 0.788. The van der Waals surface area contributed by atoms with Gasteiger partial charge in [0.25, 0.3) is 0 Å². The smallest absolute Gasteiger partial charge is 0.311 e. The van der Waals surface area contributed by atoms with Gasteiger partial charge in [0.2, 0.25) is 0 Å². The van der Waals surface area contributed by atoms with E-state index < -0.39 is 5.51 Å². The van der Waals surface area contributed by atoms with Gasteiger partial charge in [-0.1, -0.05) is 0 Å². The van der Waals surface area contributed by atoms with E-state index in [0.29, 0.717) is 17.9 Å². The number of thioether (sulfide) groups is 1. The summed E-state index contributed by atoms with van der Waals surface area (Å²) in [4.78, 5) is 4.37. The van der Waals surface area contributed by atoms with Crippen LogP contribution >= 0.6 is 23.4 Å². The number of aryl methyl sites for hydroxylation is 3. The molecule has 0 radical (unpaired) electrons. The third-order valence-corrected chi connectivity index (χ3v) is 3.83. The number of hydrogen-bond acceptors (Lipinski definition) is 3. The molecule has 0 atom stereocenters. The monoisotopic (exact) mass is 326 g/mol. The van der Waals surface area contributed by atoms with E-state index in [9.17, 15) is 13.2 Å². The van der Waals surface area contributed by atoms with Crippen LogP contribution < -0.4 is 0 Å². The maximum absolute atomic E-state index is 12.2. The van der Waals surface area contributed by atoms with E-state index in [-0.39, 0.29) is 29.9 Å². The zero-order chi connectivity index (χ0) is 14.9. The van der Waals surface area contributed by atoms with E-state index in [1.54, 1.807) is 9.25 Å². The predicted octanol–water partition coefficient (Wildman–Crippen LogP) is 3.55. The minimum atomic E-state index is -4.22. The minimum Gasteiger partial charge on any atom is -0.311 e. The summed E-state index contributed by atoms with van der Waals surface area (Å²) < 4.78 is 40.1. The maximum atomic E-state index is 12.2. The van der Waals surface area contributed by atoms with Crippen molar-refractivity contribution in [1.82, 2.24) is 19.3 Å². The summed E-state index contributed by atoms with van der Waals surface area (Å²) >= 11 is 5.79. The Labute approximate surface area is 123 Å². The van der Waals surface area contributed by atoms with Crippen molar-refractivity contribution in [3.63, 3.8) is 0 Å². The molecule has 2 rings (SSSR count). The summed E-state index contributed by atoms with van der Waals surface area (Å²) in [7, 11) is 0. The topological polar surface area (TPSA) is 35.6 Å². The number of fused-ring (bicyclic) bond motifs is 1. The molecule has 112 valence electrons. The first-order chi connectivity index (χ1) is 9.37. The van der Waals surface area contributed by atoms with Crippen LogP contribution in [-0.4, -0.2) is 30.6 Å². The van der Waals surface area contributed by atoms with Crippen molar-refractivity contribution < 1.29 is 13.2 Å². The molecular weight excluding hydrogens is 313 g/mol. The Hall–Kier alpha value is -0.890. The van der Waals surface area contributed by atoms with Crippen LogP contribution in [0.25, 0.3) is 11.2 Å². The normalized spacial score (nSPS) is 12.5. The van der Waals surface area contributed by atoms with Gasteiger partial charge < -0.3 is 4.57 Å². The van der Waals surface area contributed by atoms with Gasteiger partial charge in [-0.15, -0.1) is 11.6 Å². The fourth-order valence-electron chi connectivity index (χ4n) is 2.08. The Morgan fingerprint density at radius 3 is 2.60 bits per heavy atom. The Morgan fingerprint density at radius 1 is 1.35 bits per heavy atom. The van der Waals surface area contributed by atoms with Crippen molar-refractivity contribution in [1.29, 1.82) is 0 Å². The number of nitrogens with zero attached hydrogens (tertiary/aromatic N) is 4. The van der Waals surface area contributed by atoms with Crippen molar-refractivity contribution in [3.05, 3.63) is 11.5 Å². The van der Waals surface area contributed by atoms with Crippen LogP contribution in [0.3, 0.4) is 0 Å². The zero-order valence-electron chi connectivity index (χ0n) is 11.0. The molecule has 0 saturated heterocycles. The van der Waals surface area contributed by atoms with Gasteiger partial charge in [-0.25, -0.2) is 9.67 Å². The van der Waals surface area contributed by atoms with Crippen LogP contribution in [0.15, 0.2) is 0 Å². The van der Waals surface area contributed by atoms with Crippen molar-refractivity contribution in [2.45, 2.75) is 38.3 Å². The summed E-state index contributed by atoms with van der Waals surface area (Å²) in [6, 6.07) is 0. The molecule has 0 N–H and O–H groups in total. The van der Waals surface area contributed by atoms with Gasteiger partial charge in [0.15, 0.2) is 5.65 Å². The van der Waals surface area contributed by atoms with Gasteiger partial charge in [0, 0.05) is 18.8 Å². The van der Waals surface area contributed by atoms with Crippen LogP contribution in [0.1, 0.15) is 18.4 Å². The Bertz CT molecular complexity index is 605. The van der Waals surface area contributed by atoms with Crippen LogP contribution in [0.2, 0.25) is 0 Å². The molecule has 0 fully saturated rings.